The summed E-state index contributed by atoms with van der Waals surface area (Å²) in [6.07, 6.45) is 4.19. The molecule has 20 heavy (non-hydrogen) atoms. The highest BCUT2D eigenvalue weighted by atomic mass is 16.8. The molecule has 2 saturated heterocycles. The lowest BCUT2D eigenvalue weighted by molar-refractivity contribution is -0.238. The fourth-order valence-corrected chi connectivity index (χ4v) is 3.22. The molecule has 0 spiro atoms. The Morgan fingerprint density at radius 3 is 2.95 bits per heavy atom. The Hall–Kier alpha value is -1.01. The second kappa shape index (κ2) is 4.24. The monoisotopic (exact) mass is 280 g/mol. The van der Waals surface area contributed by atoms with Gasteiger partial charge in [0.2, 0.25) is 5.79 Å². The molecule has 2 aliphatic heterocycles. The first-order valence-corrected chi connectivity index (χ1v) is 6.86. The van der Waals surface area contributed by atoms with E-state index in [1.807, 2.05) is 6.08 Å². The predicted molar refractivity (Wildman–Crippen MR) is 70.8 cm³/mol. The van der Waals surface area contributed by atoms with Crippen molar-refractivity contribution >= 4 is 5.78 Å². The number of ether oxygens (including phenoxy) is 3. The van der Waals surface area contributed by atoms with Gasteiger partial charge >= 0.3 is 0 Å². The molecule has 3 atom stereocenters. The van der Waals surface area contributed by atoms with Crippen LogP contribution >= 0.6 is 0 Å². The number of hydrogen-bond donors (Lipinski definition) is 1. The fourth-order valence-electron chi connectivity index (χ4n) is 3.22. The van der Waals surface area contributed by atoms with Gasteiger partial charge in [0.25, 0.3) is 0 Å². The van der Waals surface area contributed by atoms with Crippen LogP contribution < -0.4 is 0 Å². The summed E-state index contributed by atoms with van der Waals surface area (Å²) in [7, 11) is 0. The van der Waals surface area contributed by atoms with E-state index < -0.39 is 23.1 Å². The fraction of sp³-hybridized carbons (Fsp3) is 0.667. The van der Waals surface area contributed by atoms with Gasteiger partial charge in [-0.1, -0.05) is 6.08 Å². The summed E-state index contributed by atoms with van der Waals surface area (Å²) in [6, 6.07) is 0. The lowest BCUT2D eigenvalue weighted by atomic mass is 9.77. The summed E-state index contributed by atoms with van der Waals surface area (Å²) in [5.74, 6) is -1.10. The van der Waals surface area contributed by atoms with E-state index in [9.17, 15) is 9.90 Å². The topological polar surface area (TPSA) is 65.0 Å². The molecule has 0 aromatic heterocycles. The molecular formula is C15H20O5. The molecule has 1 aliphatic carbocycles. The summed E-state index contributed by atoms with van der Waals surface area (Å²) < 4.78 is 17.4. The van der Waals surface area contributed by atoms with Gasteiger partial charge in [-0.15, -0.1) is 6.58 Å². The second-order valence-electron chi connectivity index (χ2n) is 6.28. The Labute approximate surface area is 118 Å². The van der Waals surface area contributed by atoms with Gasteiger partial charge in [-0.2, -0.15) is 0 Å². The van der Waals surface area contributed by atoms with E-state index in [1.165, 1.54) is 0 Å². The number of ketones is 1. The molecule has 5 nitrogen and oxygen atoms in total. The summed E-state index contributed by atoms with van der Waals surface area (Å²) >= 11 is 0. The van der Waals surface area contributed by atoms with Gasteiger partial charge in [-0.3, -0.25) is 4.79 Å². The van der Waals surface area contributed by atoms with Gasteiger partial charge in [-0.25, -0.2) is 0 Å². The maximum absolute atomic E-state index is 12.2. The molecule has 0 saturated carbocycles. The second-order valence-corrected chi connectivity index (χ2v) is 6.28. The molecule has 2 heterocycles. The number of carbonyl (C=O) groups excluding carboxylic acids is 1. The third-order valence-corrected chi connectivity index (χ3v) is 4.39. The van der Waals surface area contributed by atoms with Crippen molar-refractivity contribution in [3.63, 3.8) is 0 Å². The van der Waals surface area contributed by atoms with E-state index in [2.05, 4.69) is 6.58 Å². The highest BCUT2D eigenvalue weighted by Gasteiger charge is 2.68. The third-order valence-electron chi connectivity index (χ3n) is 4.39. The van der Waals surface area contributed by atoms with Gasteiger partial charge < -0.3 is 19.3 Å². The van der Waals surface area contributed by atoms with Crippen LogP contribution in [0.5, 0.6) is 0 Å². The number of aliphatic hydroxyl groups is 1. The zero-order valence-corrected chi connectivity index (χ0v) is 11.8. The molecule has 2 fully saturated rings. The lowest BCUT2D eigenvalue weighted by Gasteiger charge is -2.37. The standard InChI is InChI=1S/C15H20O5/c1-4-5-10-6-14-8-12(13(2,3)17)20-15(14,7-11(10)16)19-9-18-14/h4,6,12,17H,1,5,7-9H2,2-3H3. The van der Waals surface area contributed by atoms with Crippen LogP contribution in [0.1, 0.15) is 33.1 Å². The number of hydrogen-bond acceptors (Lipinski definition) is 5. The summed E-state index contributed by atoms with van der Waals surface area (Å²) in [4.78, 5) is 12.2. The van der Waals surface area contributed by atoms with Crippen molar-refractivity contribution in [2.75, 3.05) is 6.79 Å². The Bertz CT molecular complexity index is 489. The van der Waals surface area contributed by atoms with E-state index >= 15 is 0 Å². The molecule has 3 unspecified atom stereocenters. The number of allylic oxidation sites excluding steroid dienone is 2. The highest BCUT2D eigenvalue weighted by molar-refractivity contribution is 5.97. The van der Waals surface area contributed by atoms with E-state index in [0.717, 1.165) is 0 Å². The predicted octanol–water partition coefficient (Wildman–Crippen LogP) is 1.46. The first-order valence-electron chi connectivity index (χ1n) is 6.86. The maximum Gasteiger partial charge on any atom is 0.211 e. The Balaban J connectivity index is 2.01. The quantitative estimate of drug-likeness (QED) is 0.793. The first kappa shape index (κ1) is 13.9. The zero-order chi connectivity index (χ0) is 14.6. The lowest BCUT2D eigenvalue weighted by Crippen LogP contribution is -2.51. The molecule has 0 aromatic rings. The first-order chi connectivity index (χ1) is 9.32. The van der Waals surface area contributed by atoms with Gasteiger partial charge in [0.15, 0.2) is 12.6 Å². The molecule has 1 N–H and O–H groups in total. The van der Waals surface area contributed by atoms with Crippen molar-refractivity contribution < 1.29 is 24.1 Å². The minimum absolute atomic E-state index is 0.0116. The van der Waals surface area contributed by atoms with E-state index in [0.29, 0.717) is 18.4 Å². The molecule has 3 rings (SSSR count). The third kappa shape index (κ3) is 1.81. The summed E-state index contributed by atoms with van der Waals surface area (Å²) in [5, 5.41) is 10.2. The Morgan fingerprint density at radius 2 is 2.30 bits per heavy atom. The molecule has 0 amide bonds. The van der Waals surface area contributed by atoms with Crippen molar-refractivity contribution in [1.82, 2.24) is 0 Å². The SMILES string of the molecule is C=CCC1=CC23CC(C(C)(C)O)OC2(CC1=O)OCO3. The summed E-state index contributed by atoms with van der Waals surface area (Å²) in [6.45, 7) is 7.15. The van der Waals surface area contributed by atoms with E-state index in [1.54, 1.807) is 19.9 Å². The van der Waals surface area contributed by atoms with Gasteiger partial charge in [-0.05, 0) is 31.9 Å². The average molecular weight is 280 g/mol. The number of rotatable bonds is 3. The Kier molecular flexibility index (Phi) is 2.96. The Morgan fingerprint density at radius 1 is 1.55 bits per heavy atom. The largest absolute Gasteiger partial charge is 0.388 e. The van der Waals surface area contributed by atoms with Crippen molar-refractivity contribution in [2.45, 2.75) is 56.2 Å². The van der Waals surface area contributed by atoms with Crippen molar-refractivity contribution in [3.05, 3.63) is 24.3 Å². The molecule has 3 aliphatic rings. The number of Topliss-reactive ketones (excluding diaryl/α,β-unsaturated/α-hetero) is 1. The molecule has 0 aromatic carbocycles. The van der Waals surface area contributed by atoms with Gasteiger partial charge in [0.05, 0.1) is 18.1 Å². The van der Waals surface area contributed by atoms with Crippen LogP contribution in [0.15, 0.2) is 24.3 Å². The van der Waals surface area contributed by atoms with Crippen LogP contribution in [-0.4, -0.2) is 40.8 Å². The average Bonchev–Trinajstić information content (AvgIpc) is 2.80. The molecule has 0 bridgehead atoms. The normalized spacial score (nSPS) is 40.2. The maximum atomic E-state index is 12.2. The van der Waals surface area contributed by atoms with E-state index in [4.69, 9.17) is 14.2 Å². The van der Waals surface area contributed by atoms with Crippen LogP contribution in [0.25, 0.3) is 0 Å². The molecular weight excluding hydrogens is 260 g/mol. The highest BCUT2D eigenvalue weighted by Crippen LogP contribution is 2.55. The van der Waals surface area contributed by atoms with Gasteiger partial charge in [0, 0.05) is 6.42 Å². The van der Waals surface area contributed by atoms with Crippen molar-refractivity contribution in [1.29, 1.82) is 0 Å². The van der Waals surface area contributed by atoms with Crippen LogP contribution in [0.4, 0.5) is 0 Å². The minimum Gasteiger partial charge on any atom is -0.388 e. The van der Waals surface area contributed by atoms with Crippen molar-refractivity contribution in [3.8, 4) is 0 Å². The minimum atomic E-state index is -1.08. The van der Waals surface area contributed by atoms with Crippen molar-refractivity contribution in [2.24, 2.45) is 0 Å². The smallest absolute Gasteiger partial charge is 0.211 e. The zero-order valence-electron chi connectivity index (χ0n) is 11.8. The van der Waals surface area contributed by atoms with Crippen LogP contribution in [0.2, 0.25) is 0 Å². The summed E-state index contributed by atoms with van der Waals surface area (Å²) in [5.41, 5.74) is -1.11. The molecule has 5 heteroatoms. The molecule has 0 radical (unpaired) electrons. The number of carbonyl (C=O) groups is 1. The van der Waals surface area contributed by atoms with Gasteiger partial charge in [0.1, 0.15) is 5.60 Å². The molecule has 110 valence electrons. The van der Waals surface area contributed by atoms with Crippen LogP contribution in [-0.2, 0) is 19.0 Å². The van der Waals surface area contributed by atoms with Crippen LogP contribution in [0.3, 0.4) is 0 Å². The van der Waals surface area contributed by atoms with E-state index in [-0.39, 0.29) is 19.0 Å². The van der Waals surface area contributed by atoms with Crippen LogP contribution in [0, 0.1) is 0 Å².